The Morgan fingerprint density at radius 2 is 1.79 bits per heavy atom. The minimum absolute atomic E-state index is 0.932. The number of nitrogens with zero attached hydrogens (tertiary/aromatic N) is 2. The number of nitrogens with one attached hydrogen (secondary N) is 1. The molecule has 0 aliphatic heterocycles. The molecule has 0 spiro atoms. The van der Waals surface area contributed by atoms with Crippen molar-refractivity contribution in [2.24, 2.45) is 0 Å². The van der Waals surface area contributed by atoms with E-state index in [1.807, 2.05) is 6.20 Å². The summed E-state index contributed by atoms with van der Waals surface area (Å²) in [7, 11) is 0. The van der Waals surface area contributed by atoms with Gasteiger partial charge in [0, 0.05) is 24.7 Å². The van der Waals surface area contributed by atoms with E-state index < -0.39 is 0 Å². The summed E-state index contributed by atoms with van der Waals surface area (Å²) in [5, 5.41) is 5.95. The molecular weight excluding hydrogens is 234 g/mol. The largest absolute Gasteiger partial charge is 0.368 e. The van der Waals surface area contributed by atoms with Gasteiger partial charge in [-0.05, 0) is 31.0 Å². The van der Waals surface area contributed by atoms with Crippen LogP contribution in [0, 0.1) is 6.92 Å². The van der Waals surface area contributed by atoms with Crippen LogP contribution in [-0.4, -0.2) is 36.1 Å². The van der Waals surface area contributed by atoms with E-state index >= 15 is 0 Å². The summed E-state index contributed by atoms with van der Waals surface area (Å²) in [6.45, 7) is 10.7. The summed E-state index contributed by atoms with van der Waals surface area (Å²) in [5.41, 5.74) is 1.23. The van der Waals surface area contributed by atoms with Crippen LogP contribution in [0.5, 0.6) is 0 Å². The fourth-order valence-electron chi connectivity index (χ4n) is 2.35. The average molecular weight is 257 g/mol. The highest BCUT2D eigenvalue weighted by Crippen LogP contribution is 2.23. The van der Waals surface area contributed by atoms with Crippen molar-refractivity contribution < 1.29 is 0 Å². The molecule has 0 unspecified atom stereocenters. The Morgan fingerprint density at radius 1 is 1.11 bits per heavy atom. The monoisotopic (exact) mass is 257 g/mol. The summed E-state index contributed by atoms with van der Waals surface area (Å²) in [4.78, 5) is 6.93. The van der Waals surface area contributed by atoms with Gasteiger partial charge in [0.2, 0.25) is 0 Å². The molecular formula is C16H23N3. The molecule has 0 amide bonds. The number of anilines is 1. The molecule has 1 aromatic heterocycles. The summed E-state index contributed by atoms with van der Waals surface area (Å²) in [6.07, 6.45) is 1.95. The minimum atomic E-state index is 0.932. The summed E-state index contributed by atoms with van der Waals surface area (Å²) >= 11 is 0. The second kappa shape index (κ2) is 6.53. The maximum Gasteiger partial charge on any atom is 0.133 e. The van der Waals surface area contributed by atoms with Crippen molar-refractivity contribution >= 4 is 16.6 Å². The van der Waals surface area contributed by atoms with Crippen molar-refractivity contribution in [3.05, 3.63) is 36.0 Å². The van der Waals surface area contributed by atoms with Crippen LogP contribution in [-0.2, 0) is 0 Å². The Morgan fingerprint density at radius 3 is 2.47 bits per heavy atom. The first-order chi connectivity index (χ1) is 9.26. The van der Waals surface area contributed by atoms with E-state index in [2.05, 4.69) is 60.2 Å². The summed E-state index contributed by atoms with van der Waals surface area (Å²) in [6, 6.07) is 8.44. The van der Waals surface area contributed by atoms with Gasteiger partial charge in [-0.1, -0.05) is 38.1 Å². The molecule has 102 valence electrons. The second-order valence-corrected chi connectivity index (χ2v) is 4.79. The van der Waals surface area contributed by atoms with Gasteiger partial charge in [0.05, 0.1) is 0 Å². The zero-order valence-corrected chi connectivity index (χ0v) is 12.1. The van der Waals surface area contributed by atoms with Gasteiger partial charge < -0.3 is 10.2 Å². The van der Waals surface area contributed by atoms with E-state index in [4.69, 9.17) is 0 Å². The van der Waals surface area contributed by atoms with Gasteiger partial charge in [0.25, 0.3) is 0 Å². The van der Waals surface area contributed by atoms with E-state index in [1.165, 1.54) is 16.3 Å². The SMILES string of the molecule is CCN(CC)CCNc1ncc(C)c2ccccc12. The first kappa shape index (κ1) is 13.8. The lowest BCUT2D eigenvalue weighted by atomic mass is 10.1. The van der Waals surface area contributed by atoms with Crippen molar-refractivity contribution in [2.45, 2.75) is 20.8 Å². The predicted octanol–water partition coefficient (Wildman–Crippen LogP) is 3.30. The lowest BCUT2D eigenvalue weighted by molar-refractivity contribution is 0.316. The van der Waals surface area contributed by atoms with Gasteiger partial charge in [-0.3, -0.25) is 0 Å². The number of pyridine rings is 1. The summed E-state index contributed by atoms with van der Waals surface area (Å²) < 4.78 is 0. The molecule has 1 N–H and O–H groups in total. The van der Waals surface area contributed by atoms with E-state index in [9.17, 15) is 0 Å². The standard InChI is InChI=1S/C16H23N3/c1-4-19(5-2)11-10-17-16-15-9-7-6-8-14(15)13(3)12-18-16/h6-9,12H,4-5,10-11H2,1-3H3,(H,17,18). The molecule has 0 atom stereocenters. The number of hydrogen-bond acceptors (Lipinski definition) is 3. The highest BCUT2D eigenvalue weighted by Gasteiger charge is 2.04. The molecule has 2 rings (SSSR count). The fraction of sp³-hybridized carbons (Fsp3) is 0.438. The maximum absolute atomic E-state index is 4.53. The number of likely N-dealkylation sites (N-methyl/N-ethyl adjacent to an activating group) is 1. The molecule has 0 aliphatic rings. The van der Waals surface area contributed by atoms with E-state index in [0.717, 1.165) is 32.0 Å². The number of aromatic nitrogens is 1. The third-order valence-electron chi connectivity index (χ3n) is 3.61. The molecule has 1 heterocycles. The van der Waals surface area contributed by atoms with Crippen LogP contribution in [0.1, 0.15) is 19.4 Å². The lowest BCUT2D eigenvalue weighted by Crippen LogP contribution is -2.28. The van der Waals surface area contributed by atoms with Gasteiger partial charge in [0.15, 0.2) is 0 Å². The number of benzene rings is 1. The van der Waals surface area contributed by atoms with Gasteiger partial charge >= 0.3 is 0 Å². The molecule has 2 aromatic rings. The van der Waals surface area contributed by atoms with Gasteiger partial charge in [-0.25, -0.2) is 4.98 Å². The summed E-state index contributed by atoms with van der Waals surface area (Å²) in [5.74, 6) is 0.994. The van der Waals surface area contributed by atoms with Crippen LogP contribution in [0.4, 0.5) is 5.82 Å². The van der Waals surface area contributed by atoms with Crippen LogP contribution >= 0.6 is 0 Å². The number of aryl methyl sites for hydroxylation is 1. The molecule has 1 aromatic carbocycles. The predicted molar refractivity (Wildman–Crippen MR) is 82.8 cm³/mol. The molecule has 0 saturated heterocycles. The Hall–Kier alpha value is -1.61. The highest BCUT2D eigenvalue weighted by molar-refractivity contribution is 5.93. The first-order valence-electron chi connectivity index (χ1n) is 7.06. The number of rotatable bonds is 6. The average Bonchev–Trinajstić information content (AvgIpc) is 2.46. The zero-order valence-electron chi connectivity index (χ0n) is 12.1. The number of fused-ring (bicyclic) bond motifs is 1. The normalized spacial score (nSPS) is 11.2. The molecule has 19 heavy (non-hydrogen) atoms. The van der Waals surface area contributed by atoms with Crippen LogP contribution in [0.15, 0.2) is 30.5 Å². The molecule has 0 bridgehead atoms. The van der Waals surface area contributed by atoms with E-state index in [1.54, 1.807) is 0 Å². The highest BCUT2D eigenvalue weighted by atomic mass is 15.1. The lowest BCUT2D eigenvalue weighted by Gasteiger charge is -2.18. The maximum atomic E-state index is 4.53. The molecule has 0 aliphatic carbocycles. The number of hydrogen-bond donors (Lipinski definition) is 1. The molecule has 0 radical (unpaired) electrons. The van der Waals surface area contributed by atoms with Crippen molar-refractivity contribution in [1.82, 2.24) is 9.88 Å². The minimum Gasteiger partial charge on any atom is -0.368 e. The van der Waals surface area contributed by atoms with Crippen molar-refractivity contribution in [2.75, 3.05) is 31.5 Å². The topological polar surface area (TPSA) is 28.2 Å². The van der Waals surface area contributed by atoms with E-state index in [0.29, 0.717) is 0 Å². The van der Waals surface area contributed by atoms with Gasteiger partial charge in [0.1, 0.15) is 5.82 Å². The van der Waals surface area contributed by atoms with Crippen LogP contribution in [0.25, 0.3) is 10.8 Å². The Bertz CT molecular complexity index is 533. The quantitative estimate of drug-likeness (QED) is 0.860. The zero-order chi connectivity index (χ0) is 13.7. The molecule has 0 fully saturated rings. The van der Waals surface area contributed by atoms with Gasteiger partial charge in [-0.15, -0.1) is 0 Å². The van der Waals surface area contributed by atoms with Crippen molar-refractivity contribution in [1.29, 1.82) is 0 Å². The van der Waals surface area contributed by atoms with Crippen LogP contribution in [0.3, 0.4) is 0 Å². The third kappa shape index (κ3) is 3.24. The molecule has 0 saturated carbocycles. The van der Waals surface area contributed by atoms with Crippen molar-refractivity contribution in [3.8, 4) is 0 Å². The Kier molecular flexibility index (Phi) is 4.74. The first-order valence-corrected chi connectivity index (χ1v) is 7.06. The fourth-order valence-corrected chi connectivity index (χ4v) is 2.35. The smallest absolute Gasteiger partial charge is 0.133 e. The molecule has 3 heteroatoms. The molecule has 3 nitrogen and oxygen atoms in total. The van der Waals surface area contributed by atoms with Gasteiger partial charge in [-0.2, -0.15) is 0 Å². The third-order valence-corrected chi connectivity index (χ3v) is 3.61. The van der Waals surface area contributed by atoms with Crippen molar-refractivity contribution in [3.63, 3.8) is 0 Å². The second-order valence-electron chi connectivity index (χ2n) is 4.79. The Balaban J connectivity index is 2.11. The van der Waals surface area contributed by atoms with E-state index in [-0.39, 0.29) is 0 Å². The van der Waals surface area contributed by atoms with Crippen LogP contribution < -0.4 is 5.32 Å². The Labute approximate surface area is 115 Å². The van der Waals surface area contributed by atoms with Crippen LogP contribution in [0.2, 0.25) is 0 Å².